The van der Waals surface area contributed by atoms with E-state index in [-0.39, 0.29) is 11.4 Å². The molecule has 0 fully saturated rings. The summed E-state index contributed by atoms with van der Waals surface area (Å²) in [7, 11) is 0. The Hall–Kier alpha value is -2.70. The lowest BCUT2D eigenvalue weighted by molar-refractivity contribution is -0.143. The zero-order chi connectivity index (χ0) is 15.9. The second-order valence-corrected chi connectivity index (χ2v) is 4.82. The van der Waals surface area contributed by atoms with Crippen molar-refractivity contribution < 1.29 is 18.0 Å². The Morgan fingerprint density at radius 2 is 1.50 bits per heavy atom. The zero-order valence-corrected chi connectivity index (χ0v) is 11.3. The number of anilines is 3. The van der Waals surface area contributed by atoms with Crippen LogP contribution in [0.4, 0.5) is 35.0 Å². The number of primary amides is 1. The van der Waals surface area contributed by atoms with Gasteiger partial charge in [0.15, 0.2) is 0 Å². The number of para-hydroxylation sites is 3. The van der Waals surface area contributed by atoms with E-state index < -0.39 is 18.4 Å². The Kier molecular flexibility index (Phi) is 3.20. The van der Waals surface area contributed by atoms with Gasteiger partial charge < -0.3 is 10.6 Å². The summed E-state index contributed by atoms with van der Waals surface area (Å²) in [4.78, 5) is 13.3. The number of nitrogens with zero attached hydrogens (tertiary/aromatic N) is 2. The normalized spacial score (nSPS) is 17.5. The van der Waals surface area contributed by atoms with Gasteiger partial charge >= 0.3 is 12.2 Å². The summed E-state index contributed by atoms with van der Waals surface area (Å²) < 4.78 is 40.7. The van der Waals surface area contributed by atoms with E-state index in [2.05, 4.69) is 0 Å². The van der Waals surface area contributed by atoms with E-state index in [1.165, 1.54) is 12.1 Å². The Bertz CT molecular complexity index is 703. The van der Waals surface area contributed by atoms with E-state index >= 15 is 0 Å². The molecule has 0 bridgehead atoms. The standard InChI is InChI=1S/C15H12F3N3O/c16-15(17,18)13-20(10-6-2-1-3-7-10)11-8-4-5-9-12(11)21(13)14(19)22/h1-9,13H,(H2,19,22). The maximum Gasteiger partial charge on any atom is 0.428 e. The largest absolute Gasteiger partial charge is 0.428 e. The van der Waals surface area contributed by atoms with Crippen LogP contribution in [0.1, 0.15) is 0 Å². The summed E-state index contributed by atoms with van der Waals surface area (Å²) in [6.07, 6.45) is -6.83. The van der Waals surface area contributed by atoms with Crippen LogP contribution < -0.4 is 15.5 Å². The molecule has 22 heavy (non-hydrogen) atoms. The van der Waals surface area contributed by atoms with Gasteiger partial charge in [-0.15, -0.1) is 0 Å². The van der Waals surface area contributed by atoms with E-state index in [9.17, 15) is 18.0 Å². The molecule has 0 saturated heterocycles. The molecule has 2 N–H and O–H groups in total. The molecule has 2 aromatic rings. The molecule has 0 radical (unpaired) electrons. The molecule has 4 nitrogen and oxygen atoms in total. The van der Waals surface area contributed by atoms with Crippen molar-refractivity contribution in [3.63, 3.8) is 0 Å². The molecule has 1 atom stereocenters. The first kappa shape index (κ1) is 14.2. The average Bonchev–Trinajstić information content (AvgIpc) is 2.83. The average molecular weight is 307 g/mol. The highest BCUT2D eigenvalue weighted by molar-refractivity contribution is 6.00. The van der Waals surface area contributed by atoms with E-state index in [4.69, 9.17) is 5.73 Å². The number of carbonyl (C=O) groups is 1. The van der Waals surface area contributed by atoms with Gasteiger partial charge in [-0.2, -0.15) is 13.2 Å². The Balaban J connectivity index is 2.23. The van der Waals surface area contributed by atoms with Gasteiger partial charge in [-0.25, -0.2) is 4.79 Å². The third kappa shape index (κ3) is 2.14. The lowest BCUT2D eigenvalue weighted by Gasteiger charge is -2.32. The monoisotopic (exact) mass is 307 g/mol. The van der Waals surface area contributed by atoms with Gasteiger partial charge in [0, 0.05) is 5.69 Å². The highest BCUT2D eigenvalue weighted by atomic mass is 19.4. The molecule has 1 aliphatic heterocycles. The molecular formula is C15H12F3N3O. The quantitative estimate of drug-likeness (QED) is 0.875. The summed E-state index contributed by atoms with van der Waals surface area (Å²) in [6, 6.07) is 13.1. The van der Waals surface area contributed by atoms with Gasteiger partial charge in [-0.1, -0.05) is 30.3 Å². The van der Waals surface area contributed by atoms with Crippen LogP contribution in [0.3, 0.4) is 0 Å². The van der Waals surface area contributed by atoms with Crippen LogP contribution in [-0.2, 0) is 0 Å². The third-order valence-corrected chi connectivity index (χ3v) is 3.45. The van der Waals surface area contributed by atoms with Crippen LogP contribution >= 0.6 is 0 Å². The van der Waals surface area contributed by atoms with Crippen molar-refractivity contribution in [3.05, 3.63) is 54.6 Å². The number of rotatable bonds is 1. The number of amides is 2. The molecule has 0 saturated carbocycles. The lowest BCUT2D eigenvalue weighted by atomic mass is 10.2. The fourth-order valence-corrected chi connectivity index (χ4v) is 2.65. The fourth-order valence-electron chi connectivity index (χ4n) is 2.65. The van der Waals surface area contributed by atoms with Crippen molar-refractivity contribution in [1.82, 2.24) is 0 Å². The highest BCUT2D eigenvalue weighted by Gasteiger charge is 2.54. The van der Waals surface area contributed by atoms with Crippen LogP contribution in [0.15, 0.2) is 54.6 Å². The van der Waals surface area contributed by atoms with Crippen molar-refractivity contribution >= 4 is 23.1 Å². The first-order chi connectivity index (χ1) is 10.4. The maximum atomic E-state index is 13.6. The lowest BCUT2D eigenvalue weighted by Crippen LogP contribution is -2.55. The van der Waals surface area contributed by atoms with E-state index in [0.29, 0.717) is 10.6 Å². The number of urea groups is 1. The van der Waals surface area contributed by atoms with Crippen molar-refractivity contribution in [3.8, 4) is 0 Å². The molecule has 1 aliphatic rings. The predicted octanol–water partition coefficient (Wildman–Crippen LogP) is 3.61. The van der Waals surface area contributed by atoms with Gasteiger partial charge in [0.2, 0.25) is 6.17 Å². The van der Waals surface area contributed by atoms with E-state index in [0.717, 1.165) is 4.90 Å². The number of hydrogen-bond acceptors (Lipinski definition) is 2. The van der Waals surface area contributed by atoms with E-state index in [1.54, 1.807) is 42.5 Å². The molecule has 0 aromatic heterocycles. The summed E-state index contributed by atoms with van der Waals surface area (Å²) >= 11 is 0. The van der Waals surface area contributed by atoms with Gasteiger partial charge in [0.25, 0.3) is 0 Å². The second kappa shape index (κ2) is 4.94. The van der Waals surface area contributed by atoms with Crippen molar-refractivity contribution in [2.75, 3.05) is 9.80 Å². The first-order valence-electron chi connectivity index (χ1n) is 6.50. The Morgan fingerprint density at radius 1 is 0.955 bits per heavy atom. The second-order valence-electron chi connectivity index (χ2n) is 4.82. The smallest absolute Gasteiger partial charge is 0.351 e. The molecule has 2 amide bonds. The number of alkyl halides is 3. The summed E-state index contributed by atoms with van der Waals surface area (Å²) in [5, 5.41) is 0. The zero-order valence-electron chi connectivity index (χ0n) is 11.3. The number of carbonyl (C=O) groups excluding carboxylic acids is 1. The molecule has 3 rings (SSSR count). The van der Waals surface area contributed by atoms with Gasteiger partial charge in [-0.3, -0.25) is 4.90 Å². The first-order valence-corrected chi connectivity index (χ1v) is 6.50. The molecule has 0 spiro atoms. The number of fused-ring (bicyclic) bond motifs is 1. The minimum Gasteiger partial charge on any atom is -0.351 e. The maximum absolute atomic E-state index is 13.6. The van der Waals surface area contributed by atoms with Crippen LogP contribution in [0.2, 0.25) is 0 Å². The molecule has 0 aliphatic carbocycles. The number of hydrogen-bond donors (Lipinski definition) is 1. The summed E-state index contributed by atoms with van der Waals surface area (Å²) in [6.45, 7) is 0. The third-order valence-electron chi connectivity index (χ3n) is 3.45. The minimum atomic E-state index is -4.66. The Morgan fingerprint density at radius 3 is 2.05 bits per heavy atom. The molecule has 2 aromatic carbocycles. The fraction of sp³-hybridized carbons (Fsp3) is 0.133. The minimum absolute atomic E-state index is 0.140. The predicted molar refractivity (Wildman–Crippen MR) is 76.9 cm³/mol. The van der Waals surface area contributed by atoms with Crippen LogP contribution in [0, 0.1) is 0 Å². The SMILES string of the molecule is NC(=O)N1c2ccccc2N(c2ccccc2)C1C(F)(F)F. The molecule has 114 valence electrons. The van der Waals surface area contributed by atoms with E-state index in [1.807, 2.05) is 0 Å². The Labute approximate surface area is 124 Å². The van der Waals surface area contributed by atoms with Gasteiger partial charge in [-0.05, 0) is 24.3 Å². The molecule has 1 unspecified atom stereocenters. The van der Waals surface area contributed by atoms with Crippen molar-refractivity contribution in [1.29, 1.82) is 0 Å². The van der Waals surface area contributed by atoms with Gasteiger partial charge in [0.05, 0.1) is 11.4 Å². The van der Waals surface area contributed by atoms with Crippen molar-refractivity contribution in [2.24, 2.45) is 5.73 Å². The van der Waals surface area contributed by atoms with Gasteiger partial charge in [0.1, 0.15) is 0 Å². The molecular weight excluding hydrogens is 295 g/mol. The van der Waals surface area contributed by atoms with Crippen LogP contribution in [0.25, 0.3) is 0 Å². The number of benzene rings is 2. The van der Waals surface area contributed by atoms with Crippen LogP contribution in [0.5, 0.6) is 0 Å². The highest BCUT2D eigenvalue weighted by Crippen LogP contribution is 2.48. The number of nitrogens with two attached hydrogens (primary N) is 1. The molecule has 7 heteroatoms. The van der Waals surface area contributed by atoms with Crippen molar-refractivity contribution in [2.45, 2.75) is 12.3 Å². The summed E-state index contributed by atoms with van der Waals surface area (Å²) in [5.74, 6) is 0. The topological polar surface area (TPSA) is 49.6 Å². The summed E-state index contributed by atoms with van der Waals surface area (Å²) in [5.41, 5.74) is 5.96. The molecule has 1 heterocycles. The number of halogens is 3. The van der Waals surface area contributed by atoms with Crippen LogP contribution in [-0.4, -0.2) is 18.4 Å².